The highest BCUT2D eigenvalue weighted by molar-refractivity contribution is 7.18. The van der Waals surface area contributed by atoms with Gasteiger partial charge in [-0.15, -0.1) is 11.3 Å². The summed E-state index contributed by atoms with van der Waals surface area (Å²) in [5, 5.41) is 5.24. The van der Waals surface area contributed by atoms with Crippen molar-refractivity contribution >= 4 is 27.5 Å². The molecule has 7 heteroatoms. The molecular formula is C19H20N4O2S. The third-order valence-corrected chi connectivity index (χ3v) is 5.77. The lowest BCUT2D eigenvalue weighted by Gasteiger charge is -2.22. The Hall–Kier alpha value is -2.54. The molecule has 3 heterocycles. The van der Waals surface area contributed by atoms with E-state index in [0.29, 0.717) is 18.8 Å². The second-order valence-corrected chi connectivity index (χ2v) is 7.52. The van der Waals surface area contributed by atoms with Crippen LogP contribution in [0.2, 0.25) is 0 Å². The average molecular weight is 368 g/mol. The summed E-state index contributed by atoms with van der Waals surface area (Å²) in [6.45, 7) is 3.18. The number of carbonyl (C=O) groups is 1. The topological polar surface area (TPSA) is 68.1 Å². The van der Waals surface area contributed by atoms with Crippen LogP contribution in [0.1, 0.15) is 47.7 Å². The fourth-order valence-electron chi connectivity index (χ4n) is 3.38. The van der Waals surface area contributed by atoms with Crippen LogP contribution >= 0.6 is 11.3 Å². The fraction of sp³-hybridized carbons (Fsp3) is 0.368. The van der Waals surface area contributed by atoms with Crippen molar-refractivity contribution in [1.82, 2.24) is 19.7 Å². The van der Waals surface area contributed by atoms with Gasteiger partial charge in [0, 0.05) is 19.2 Å². The van der Waals surface area contributed by atoms with Gasteiger partial charge in [-0.3, -0.25) is 9.59 Å². The van der Waals surface area contributed by atoms with Crippen molar-refractivity contribution in [3.8, 4) is 0 Å². The van der Waals surface area contributed by atoms with Crippen LogP contribution in [0.4, 0.5) is 0 Å². The van der Waals surface area contributed by atoms with Crippen molar-refractivity contribution in [2.75, 3.05) is 6.54 Å². The summed E-state index contributed by atoms with van der Waals surface area (Å²) < 4.78 is 2.51. The molecular weight excluding hydrogens is 348 g/mol. The number of aryl methyl sites for hydroxylation is 1. The van der Waals surface area contributed by atoms with Crippen LogP contribution in [0.5, 0.6) is 0 Å². The number of fused-ring (bicyclic) bond motifs is 1. The summed E-state index contributed by atoms with van der Waals surface area (Å²) >= 11 is 1.64. The molecule has 0 spiro atoms. The molecule has 1 saturated heterocycles. The number of nitrogens with zero attached hydrogens (tertiary/aromatic N) is 4. The Bertz CT molecular complexity index is 977. The molecule has 1 aliphatic heterocycles. The molecule has 1 unspecified atom stereocenters. The van der Waals surface area contributed by atoms with Crippen molar-refractivity contribution in [1.29, 1.82) is 0 Å². The van der Waals surface area contributed by atoms with Crippen molar-refractivity contribution in [3.63, 3.8) is 0 Å². The largest absolute Gasteiger partial charge is 0.328 e. The molecule has 1 aliphatic rings. The SMILES string of the molecule is CCCn1nc(C(=O)N2CCCC2c2nc3ccccc3s2)ccc1=O. The smallest absolute Gasteiger partial charge is 0.274 e. The number of para-hydroxylation sites is 1. The lowest BCUT2D eigenvalue weighted by Crippen LogP contribution is -2.33. The molecule has 2 aromatic heterocycles. The van der Waals surface area contributed by atoms with Crippen LogP contribution in [0.3, 0.4) is 0 Å². The number of amides is 1. The Kier molecular flexibility index (Phi) is 4.55. The molecule has 1 atom stereocenters. The third-order valence-electron chi connectivity index (χ3n) is 4.63. The monoisotopic (exact) mass is 368 g/mol. The van der Waals surface area contributed by atoms with Gasteiger partial charge in [0.15, 0.2) is 0 Å². The summed E-state index contributed by atoms with van der Waals surface area (Å²) in [7, 11) is 0. The van der Waals surface area contributed by atoms with Crippen LogP contribution < -0.4 is 5.56 Å². The van der Waals surface area contributed by atoms with Crippen LogP contribution in [0.15, 0.2) is 41.2 Å². The minimum absolute atomic E-state index is 0.0201. The van der Waals surface area contributed by atoms with Gasteiger partial charge in [0.05, 0.1) is 16.3 Å². The van der Waals surface area contributed by atoms with E-state index in [0.717, 1.165) is 34.5 Å². The van der Waals surface area contributed by atoms with E-state index in [2.05, 4.69) is 11.2 Å². The second kappa shape index (κ2) is 6.99. The van der Waals surface area contributed by atoms with E-state index >= 15 is 0 Å². The molecule has 26 heavy (non-hydrogen) atoms. The number of aromatic nitrogens is 3. The van der Waals surface area contributed by atoms with Gasteiger partial charge in [0.25, 0.3) is 11.5 Å². The Morgan fingerprint density at radius 1 is 1.27 bits per heavy atom. The predicted octanol–water partition coefficient (Wildman–Crippen LogP) is 3.24. The lowest BCUT2D eigenvalue weighted by atomic mass is 10.2. The van der Waals surface area contributed by atoms with Crippen LogP contribution in [-0.2, 0) is 6.54 Å². The molecule has 0 saturated carbocycles. The van der Waals surface area contributed by atoms with Crippen LogP contribution in [-0.4, -0.2) is 32.1 Å². The van der Waals surface area contributed by atoms with Crippen molar-refractivity contribution in [3.05, 3.63) is 57.5 Å². The first-order valence-electron chi connectivity index (χ1n) is 8.92. The quantitative estimate of drug-likeness (QED) is 0.709. The molecule has 1 aromatic carbocycles. The van der Waals surface area contributed by atoms with E-state index in [9.17, 15) is 9.59 Å². The molecule has 0 bridgehead atoms. The molecule has 0 N–H and O–H groups in total. The average Bonchev–Trinajstić information content (AvgIpc) is 3.29. The first-order chi connectivity index (χ1) is 12.7. The fourth-order valence-corrected chi connectivity index (χ4v) is 4.50. The van der Waals surface area contributed by atoms with E-state index in [1.54, 1.807) is 11.3 Å². The number of thiazole rings is 1. The minimum Gasteiger partial charge on any atom is -0.328 e. The third kappa shape index (κ3) is 3.03. The maximum absolute atomic E-state index is 13.0. The second-order valence-electron chi connectivity index (χ2n) is 6.46. The standard InChI is InChI=1S/C19H20N4O2S/c1-2-11-23-17(24)10-9-14(21-23)19(25)22-12-5-7-15(22)18-20-13-6-3-4-8-16(13)26-18/h3-4,6,8-10,15H,2,5,7,11-12H2,1H3. The molecule has 1 amide bonds. The van der Waals surface area contributed by atoms with Gasteiger partial charge >= 0.3 is 0 Å². The predicted molar refractivity (Wildman–Crippen MR) is 101 cm³/mol. The summed E-state index contributed by atoms with van der Waals surface area (Å²) in [5.41, 5.74) is 1.13. The van der Waals surface area contributed by atoms with Gasteiger partial charge < -0.3 is 4.90 Å². The molecule has 6 nitrogen and oxygen atoms in total. The van der Waals surface area contributed by atoms with E-state index < -0.39 is 0 Å². The van der Waals surface area contributed by atoms with E-state index in [1.165, 1.54) is 16.8 Å². The highest BCUT2D eigenvalue weighted by atomic mass is 32.1. The van der Waals surface area contributed by atoms with Crippen LogP contribution in [0, 0.1) is 0 Å². The summed E-state index contributed by atoms with van der Waals surface area (Å²) in [5.74, 6) is -0.128. The van der Waals surface area contributed by atoms with Crippen LogP contribution in [0.25, 0.3) is 10.2 Å². The zero-order chi connectivity index (χ0) is 18.1. The highest BCUT2D eigenvalue weighted by Gasteiger charge is 2.33. The Labute approximate surface area is 155 Å². The minimum atomic E-state index is -0.174. The van der Waals surface area contributed by atoms with Crippen molar-refractivity contribution in [2.24, 2.45) is 0 Å². The van der Waals surface area contributed by atoms with E-state index in [-0.39, 0.29) is 17.5 Å². The number of carbonyl (C=O) groups excluding carboxylic acids is 1. The zero-order valence-electron chi connectivity index (χ0n) is 14.6. The number of benzene rings is 1. The number of rotatable bonds is 4. The molecule has 134 valence electrons. The molecule has 1 fully saturated rings. The maximum atomic E-state index is 13.0. The number of hydrogen-bond donors (Lipinski definition) is 0. The van der Waals surface area contributed by atoms with Gasteiger partial charge in [-0.05, 0) is 37.5 Å². The zero-order valence-corrected chi connectivity index (χ0v) is 15.4. The number of likely N-dealkylation sites (tertiary alicyclic amines) is 1. The van der Waals surface area contributed by atoms with Crippen molar-refractivity contribution in [2.45, 2.75) is 38.8 Å². The molecule has 0 radical (unpaired) electrons. The highest BCUT2D eigenvalue weighted by Crippen LogP contribution is 2.36. The number of hydrogen-bond acceptors (Lipinski definition) is 5. The Morgan fingerprint density at radius 2 is 2.12 bits per heavy atom. The van der Waals surface area contributed by atoms with Gasteiger partial charge in [0.1, 0.15) is 10.7 Å². The van der Waals surface area contributed by atoms with Gasteiger partial charge in [-0.25, -0.2) is 9.67 Å². The summed E-state index contributed by atoms with van der Waals surface area (Å²) in [4.78, 5) is 31.5. The van der Waals surface area contributed by atoms with Gasteiger partial charge in [0.2, 0.25) is 0 Å². The first kappa shape index (κ1) is 16.9. The molecule has 0 aliphatic carbocycles. The summed E-state index contributed by atoms with van der Waals surface area (Å²) in [6, 6.07) is 11.0. The summed E-state index contributed by atoms with van der Waals surface area (Å²) in [6.07, 6.45) is 2.64. The first-order valence-corrected chi connectivity index (χ1v) is 9.73. The maximum Gasteiger partial charge on any atom is 0.274 e. The van der Waals surface area contributed by atoms with E-state index in [1.807, 2.05) is 30.0 Å². The van der Waals surface area contributed by atoms with Crippen molar-refractivity contribution < 1.29 is 4.79 Å². The Morgan fingerprint density at radius 3 is 2.92 bits per heavy atom. The Balaban J connectivity index is 1.64. The van der Waals surface area contributed by atoms with Gasteiger partial charge in [-0.1, -0.05) is 19.1 Å². The lowest BCUT2D eigenvalue weighted by molar-refractivity contribution is 0.0726. The molecule has 4 rings (SSSR count). The van der Waals surface area contributed by atoms with E-state index in [4.69, 9.17) is 4.98 Å². The normalized spacial score (nSPS) is 17.1. The van der Waals surface area contributed by atoms with Gasteiger partial charge in [-0.2, -0.15) is 5.10 Å². The molecule has 3 aromatic rings.